The fraction of sp³-hybridized carbons (Fsp3) is 0.593. The summed E-state index contributed by atoms with van der Waals surface area (Å²) in [4.78, 5) is 14.9. The van der Waals surface area contributed by atoms with Gasteiger partial charge in [0, 0.05) is 36.3 Å². The van der Waals surface area contributed by atoms with Gasteiger partial charge in [-0.05, 0) is 50.6 Å². The summed E-state index contributed by atoms with van der Waals surface area (Å²) in [5, 5.41) is 23.7. The molecule has 2 fully saturated rings. The number of aromatic hydroxyl groups is 1. The molecule has 39 heavy (non-hydrogen) atoms. The van der Waals surface area contributed by atoms with Gasteiger partial charge >= 0.3 is 0 Å². The van der Waals surface area contributed by atoms with Crippen LogP contribution in [0.4, 0.5) is 5.69 Å². The maximum absolute atomic E-state index is 12.9. The molecule has 2 heterocycles. The summed E-state index contributed by atoms with van der Waals surface area (Å²) in [5.41, 5.74) is 8.36. The highest BCUT2D eigenvalue weighted by atomic mass is 35.5. The summed E-state index contributed by atoms with van der Waals surface area (Å²) >= 11 is 14.5. The Labute approximate surface area is 236 Å². The van der Waals surface area contributed by atoms with Crippen molar-refractivity contribution < 1.29 is 34.0 Å². The first-order chi connectivity index (χ1) is 18.4. The van der Waals surface area contributed by atoms with Gasteiger partial charge in [-0.3, -0.25) is 4.79 Å². The molecule has 0 bridgehead atoms. The van der Waals surface area contributed by atoms with Gasteiger partial charge in [-0.1, -0.05) is 11.6 Å². The van der Waals surface area contributed by atoms with Crippen LogP contribution < -0.4 is 10.6 Å². The first-order valence-corrected chi connectivity index (χ1v) is 13.8. The number of anilines is 1. The smallest absolute Gasteiger partial charge is 0.251 e. The molecule has 1 amide bonds. The van der Waals surface area contributed by atoms with E-state index in [1.54, 1.807) is 6.07 Å². The lowest BCUT2D eigenvalue weighted by atomic mass is 9.58. The monoisotopic (exact) mass is 581 g/mol. The number of rotatable bonds is 3. The highest BCUT2D eigenvalue weighted by Gasteiger charge is 2.74. The average Bonchev–Trinajstić information content (AvgIpc) is 3.52. The Morgan fingerprint density at radius 3 is 2.23 bits per heavy atom. The molecule has 6 rings (SSSR count). The number of likely N-dealkylation sites (N-methyl/N-ethyl adjacent to an activating group) is 1. The molecule has 4 atom stereocenters. The van der Waals surface area contributed by atoms with E-state index in [-0.39, 0.29) is 54.5 Å². The summed E-state index contributed by atoms with van der Waals surface area (Å²) in [6, 6.07) is 2.88. The molecular formula is C27H33Cl2N3O7. The largest absolute Gasteiger partial charge is 0.510 e. The third-order valence-corrected chi connectivity index (χ3v) is 9.94. The van der Waals surface area contributed by atoms with E-state index in [1.165, 1.54) is 0 Å². The van der Waals surface area contributed by atoms with E-state index in [9.17, 15) is 15.0 Å². The van der Waals surface area contributed by atoms with Crippen molar-refractivity contribution in [1.82, 2.24) is 4.90 Å². The van der Waals surface area contributed by atoms with Crippen LogP contribution in [0.15, 0.2) is 34.1 Å². The molecule has 0 unspecified atom stereocenters. The zero-order valence-corrected chi connectivity index (χ0v) is 23.8. The van der Waals surface area contributed by atoms with E-state index in [0.717, 1.165) is 11.3 Å². The van der Waals surface area contributed by atoms with Crippen LogP contribution in [0, 0.1) is 11.8 Å². The lowest BCUT2D eigenvalue weighted by Gasteiger charge is -2.58. The molecule has 1 aromatic carbocycles. The number of carbonyl (C=O) groups is 1. The van der Waals surface area contributed by atoms with Crippen molar-refractivity contribution in [3.63, 3.8) is 0 Å². The van der Waals surface area contributed by atoms with Crippen LogP contribution in [0.1, 0.15) is 17.5 Å². The number of amides is 1. The van der Waals surface area contributed by atoms with E-state index in [0.29, 0.717) is 24.0 Å². The number of fused-ring (bicyclic) bond motifs is 6. The van der Waals surface area contributed by atoms with Gasteiger partial charge in [-0.2, -0.15) is 0 Å². The van der Waals surface area contributed by atoms with Gasteiger partial charge in [-0.25, -0.2) is 0 Å². The van der Waals surface area contributed by atoms with E-state index in [1.807, 2.05) is 44.1 Å². The summed E-state index contributed by atoms with van der Waals surface area (Å²) in [6.07, 6.45) is 0.909. The van der Waals surface area contributed by atoms with Gasteiger partial charge in [0.2, 0.25) is 11.6 Å². The number of primary amides is 1. The van der Waals surface area contributed by atoms with Crippen molar-refractivity contribution in [3.8, 4) is 5.75 Å². The van der Waals surface area contributed by atoms with Crippen molar-refractivity contribution in [3.05, 3.63) is 45.2 Å². The molecule has 1 aromatic rings. The summed E-state index contributed by atoms with van der Waals surface area (Å²) in [6.45, 7) is 0.720. The lowest BCUT2D eigenvalue weighted by molar-refractivity contribution is -0.191. The maximum Gasteiger partial charge on any atom is 0.251 e. The van der Waals surface area contributed by atoms with Crippen LogP contribution in [-0.4, -0.2) is 92.3 Å². The number of nitrogens with zero attached hydrogens (tertiary/aromatic N) is 2. The number of phenols is 1. The summed E-state index contributed by atoms with van der Waals surface area (Å²) < 4.78 is 24.9. The first kappa shape index (κ1) is 27.1. The Hall–Kier alpha value is -2.05. The highest BCUT2D eigenvalue weighted by Crippen LogP contribution is 2.66. The van der Waals surface area contributed by atoms with Crippen LogP contribution in [0.2, 0.25) is 0 Å². The number of alkyl halides is 1. The predicted molar refractivity (Wildman–Crippen MR) is 144 cm³/mol. The number of hydrogen-bond acceptors (Lipinski definition) is 9. The normalized spacial score (nSPS) is 32.5. The Morgan fingerprint density at radius 1 is 1.05 bits per heavy atom. The van der Waals surface area contributed by atoms with E-state index in [4.69, 9.17) is 47.9 Å². The number of aliphatic hydroxyl groups excluding tert-OH is 1. The van der Waals surface area contributed by atoms with E-state index in [2.05, 4.69) is 0 Å². The van der Waals surface area contributed by atoms with Crippen LogP contribution in [0.3, 0.4) is 0 Å². The molecule has 2 spiro atoms. The van der Waals surface area contributed by atoms with E-state index < -0.39 is 34.3 Å². The molecule has 12 heteroatoms. The van der Waals surface area contributed by atoms with Crippen molar-refractivity contribution >= 4 is 34.8 Å². The van der Waals surface area contributed by atoms with Gasteiger partial charge in [0.15, 0.2) is 4.87 Å². The number of hydrogen-bond donors (Lipinski definition) is 3. The molecule has 10 nitrogen and oxygen atoms in total. The molecule has 3 aliphatic carbocycles. The second-order valence-corrected chi connectivity index (χ2v) is 12.2. The fourth-order valence-electron chi connectivity index (χ4n) is 7.52. The molecule has 2 saturated heterocycles. The van der Waals surface area contributed by atoms with E-state index >= 15 is 0 Å². The number of ether oxygens (including phenoxy) is 4. The quantitative estimate of drug-likeness (QED) is 0.461. The second-order valence-electron chi connectivity index (χ2n) is 11.2. The van der Waals surface area contributed by atoms with Gasteiger partial charge in [0.05, 0.1) is 43.6 Å². The average molecular weight is 582 g/mol. The Bertz CT molecular complexity index is 1300. The third-order valence-electron chi connectivity index (χ3n) is 8.82. The van der Waals surface area contributed by atoms with Gasteiger partial charge in [0.25, 0.3) is 5.91 Å². The maximum atomic E-state index is 12.9. The van der Waals surface area contributed by atoms with Crippen LogP contribution in [0.5, 0.6) is 5.75 Å². The number of carbonyl (C=O) groups excluding carboxylic acids is 1. The standard InChI is InChI=1S/C27H33Cl2N3O7/c1-31(2)16-5-6-17(33)19-14(16)11-13-12-15-22(32(3)4)21(28)20(24(30)35)27(38-9-10-39-27)25(15,29)23(34)18(13)26(19)36-7-8-37-26/h5-6,13,15,22,33-34H,7-12H2,1-4H3,(H2,30,35)/t13-,15-,22-,25-/m0/s1. The zero-order chi connectivity index (χ0) is 28.1. The number of benzene rings is 1. The SMILES string of the molecule is CN(C)c1ccc(O)c2c1C[C@H]1C[C@H]3[C@H](N(C)C)C(Cl)=C(C(N)=O)C4(OCCO4)[C@@]3(Cl)C(O)=C1C21OCCO1. The predicted octanol–water partition coefficient (Wildman–Crippen LogP) is 2.30. The van der Waals surface area contributed by atoms with Crippen LogP contribution in [0.25, 0.3) is 0 Å². The van der Waals surface area contributed by atoms with Crippen LogP contribution >= 0.6 is 23.2 Å². The minimum Gasteiger partial charge on any atom is -0.510 e. The number of nitrogens with two attached hydrogens (primary N) is 1. The number of aliphatic hydroxyl groups is 1. The molecular weight excluding hydrogens is 549 g/mol. The molecule has 0 radical (unpaired) electrons. The number of phenolic OH excluding ortho intramolecular Hbond substituents is 1. The lowest BCUT2D eigenvalue weighted by Crippen LogP contribution is -2.69. The van der Waals surface area contributed by atoms with Crippen LogP contribution in [-0.2, 0) is 35.9 Å². The Morgan fingerprint density at radius 2 is 1.67 bits per heavy atom. The molecule has 0 saturated carbocycles. The molecule has 0 aromatic heterocycles. The summed E-state index contributed by atoms with van der Waals surface area (Å²) in [7, 11) is 7.52. The topological polar surface area (TPSA) is 127 Å². The zero-order valence-electron chi connectivity index (χ0n) is 22.3. The van der Waals surface area contributed by atoms with Gasteiger partial charge in [0.1, 0.15) is 11.5 Å². The molecule has 2 aliphatic heterocycles. The minimum absolute atomic E-state index is 0.0133. The summed E-state index contributed by atoms with van der Waals surface area (Å²) in [5.74, 6) is -5.51. The third kappa shape index (κ3) is 3.31. The Balaban J connectivity index is 1.68. The molecule has 4 N–H and O–H groups in total. The molecule has 212 valence electrons. The first-order valence-electron chi connectivity index (χ1n) is 13.0. The minimum atomic E-state index is -1.93. The van der Waals surface area contributed by atoms with Gasteiger partial charge < -0.3 is 44.7 Å². The highest BCUT2D eigenvalue weighted by molar-refractivity contribution is 6.35. The van der Waals surface area contributed by atoms with Crippen molar-refractivity contribution in [1.29, 1.82) is 0 Å². The number of halogens is 2. The van der Waals surface area contributed by atoms with Crippen molar-refractivity contribution in [2.75, 3.05) is 59.5 Å². The Kier molecular flexibility index (Phi) is 6.24. The van der Waals surface area contributed by atoms with Crippen molar-refractivity contribution in [2.45, 2.75) is 35.3 Å². The second kappa shape index (κ2) is 8.97. The van der Waals surface area contributed by atoms with Gasteiger partial charge in [-0.15, -0.1) is 11.6 Å². The molecule has 5 aliphatic rings. The van der Waals surface area contributed by atoms with Crippen molar-refractivity contribution in [2.24, 2.45) is 17.6 Å². The fourth-order valence-corrected chi connectivity index (χ4v) is 8.59.